The third kappa shape index (κ3) is 5.16. The molecule has 9 heteroatoms. The van der Waals surface area contributed by atoms with Crippen LogP contribution in [0.2, 0.25) is 0 Å². The first-order chi connectivity index (χ1) is 9.57. The van der Waals surface area contributed by atoms with Crippen molar-refractivity contribution in [3.8, 4) is 0 Å². The minimum Gasteiger partial charge on any atom is -0.389 e. The predicted octanol–water partition coefficient (Wildman–Crippen LogP) is 2.19. The maximum absolute atomic E-state index is 12.6. The van der Waals surface area contributed by atoms with Crippen molar-refractivity contribution < 1.29 is 21.6 Å². The minimum absolute atomic E-state index is 0.00382. The first-order valence-corrected chi connectivity index (χ1v) is 8.25. The summed E-state index contributed by atoms with van der Waals surface area (Å²) in [5, 5.41) is 2.75. The van der Waals surface area contributed by atoms with Crippen LogP contribution in [-0.4, -0.2) is 31.5 Å². The SMILES string of the molecule is CCS(=O)(=O)CCNc1ccc(C(F)(F)F)cc1C(N)=S. The Hall–Kier alpha value is -1.35. The average molecular weight is 340 g/mol. The fraction of sp³-hybridized carbons (Fsp3) is 0.417. The van der Waals surface area contributed by atoms with Crippen LogP contribution in [0.25, 0.3) is 0 Å². The Morgan fingerprint density at radius 2 is 2.00 bits per heavy atom. The maximum atomic E-state index is 12.6. The normalized spacial score (nSPS) is 12.2. The largest absolute Gasteiger partial charge is 0.416 e. The number of benzene rings is 1. The van der Waals surface area contributed by atoms with Crippen LogP contribution in [-0.2, 0) is 16.0 Å². The lowest BCUT2D eigenvalue weighted by Crippen LogP contribution is -2.20. The topological polar surface area (TPSA) is 72.2 Å². The van der Waals surface area contributed by atoms with Crippen molar-refractivity contribution in [3.63, 3.8) is 0 Å². The molecular weight excluding hydrogens is 325 g/mol. The fourth-order valence-electron chi connectivity index (χ4n) is 1.56. The van der Waals surface area contributed by atoms with Crippen molar-refractivity contribution in [2.45, 2.75) is 13.1 Å². The number of sulfone groups is 1. The van der Waals surface area contributed by atoms with Gasteiger partial charge >= 0.3 is 6.18 Å². The Morgan fingerprint density at radius 1 is 1.38 bits per heavy atom. The molecule has 0 amide bonds. The van der Waals surface area contributed by atoms with Crippen LogP contribution >= 0.6 is 12.2 Å². The molecule has 0 atom stereocenters. The lowest BCUT2D eigenvalue weighted by atomic mass is 10.1. The van der Waals surface area contributed by atoms with E-state index < -0.39 is 21.6 Å². The monoisotopic (exact) mass is 340 g/mol. The summed E-state index contributed by atoms with van der Waals surface area (Å²) in [6.07, 6.45) is -4.50. The van der Waals surface area contributed by atoms with Gasteiger partial charge in [0.25, 0.3) is 0 Å². The highest BCUT2D eigenvalue weighted by atomic mass is 32.2. The zero-order valence-electron chi connectivity index (χ0n) is 11.2. The molecule has 0 saturated carbocycles. The number of halogens is 3. The summed E-state index contributed by atoms with van der Waals surface area (Å²) >= 11 is 4.73. The number of anilines is 1. The van der Waals surface area contributed by atoms with Crippen molar-refractivity contribution >= 4 is 32.7 Å². The second kappa shape index (κ2) is 6.61. The summed E-state index contributed by atoms with van der Waals surface area (Å²) in [5.74, 6) is -0.120. The van der Waals surface area contributed by atoms with Crippen molar-refractivity contribution in [2.75, 3.05) is 23.4 Å². The maximum Gasteiger partial charge on any atom is 0.416 e. The zero-order valence-corrected chi connectivity index (χ0v) is 12.8. The standard InChI is InChI=1S/C12H15F3N2O2S2/c1-2-21(18,19)6-5-17-10-4-3-8(12(13,14)15)7-9(10)11(16)20/h3-4,7,17H,2,5-6H2,1H3,(H2,16,20). The van der Waals surface area contributed by atoms with Gasteiger partial charge in [-0.15, -0.1) is 0 Å². The predicted molar refractivity (Wildman–Crippen MR) is 80.1 cm³/mol. The molecule has 1 aromatic carbocycles. The number of hydrogen-bond acceptors (Lipinski definition) is 4. The number of alkyl halides is 3. The molecule has 4 nitrogen and oxygen atoms in total. The smallest absolute Gasteiger partial charge is 0.389 e. The molecule has 3 N–H and O–H groups in total. The van der Waals surface area contributed by atoms with Gasteiger partial charge in [-0.2, -0.15) is 13.2 Å². The molecule has 0 saturated heterocycles. The minimum atomic E-state index is -4.50. The molecule has 0 aliphatic heterocycles. The third-order valence-electron chi connectivity index (χ3n) is 2.78. The van der Waals surface area contributed by atoms with Gasteiger partial charge in [-0.1, -0.05) is 19.1 Å². The van der Waals surface area contributed by atoms with Crippen molar-refractivity contribution in [1.29, 1.82) is 0 Å². The van der Waals surface area contributed by atoms with Crippen LogP contribution in [0.4, 0.5) is 18.9 Å². The van der Waals surface area contributed by atoms with Crippen LogP contribution in [0.3, 0.4) is 0 Å². The molecule has 1 rings (SSSR count). The van der Waals surface area contributed by atoms with E-state index in [1.807, 2.05) is 0 Å². The van der Waals surface area contributed by atoms with Crippen LogP contribution in [0.5, 0.6) is 0 Å². The molecule has 0 spiro atoms. The molecule has 0 unspecified atom stereocenters. The van der Waals surface area contributed by atoms with E-state index in [2.05, 4.69) is 5.32 Å². The first-order valence-electron chi connectivity index (χ1n) is 6.02. The number of rotatable bonds is 6. The zero-order chi connectivity index (χ0) is 16.3. The highest BCUT2D eigenvalue weighted by Crippen LogP contribution is 2.31. The second-order valence-corrected chi connectivity index (χ2v) is 7.20. The Balaban J connectivity index is 2.95. The average Bonchev–Trinajstić information content (AvgIpc) is 2.37. The molecule has 1 aromatic rings. The summed E-state index contributed by atoms with van der Waals surface area (Å²) in [4.78, 5) is -0.193. The summed E-state index contributed by atoms with van der Waals surface area (Å²) in [7, 11) is -3.16. The lowest BCUT2D eigenvalue weighted by Gasteiger charge is -2.14. The molecule has 0 aliphatic carbocycles. The lowest BCUT2D eigenvalue weighted by molar-refractivity contribution is -0.137. The van der Waals surface area contributed by atoms with Crippen molar-refractivity contribution in [1.82, 2.24) is 0 Å². The molecule has 0 aliphatic rings. The summed E-state index contributed by atoms with van der Waals surface area (Å²) in [6.45, 7) is 1.59. The van der Waals surface area contributed by atoms with Gasteiger partial charge in [-0.3, -0.25) is 0 Å². The number of nitrogens with one attached hydrogen (secondary N) is 1. The molecule has 0 bridgehead atoms. The molecule has 0 fully saturated rings. The van der Waals surface area contributed by atoms with E-state index in [9.17, 15) is 21.6 Å². The molecule has 118 valence electrons. The van der Waals surface area contributed by atoms with E-state index in [1.54, 1.807) is 0 Å². The van der Waals surface area contributed by atoms with E-state index in [0.29, 0.717) is 0 Å². The van der Waals surface area contributed by atoms with Crippen LogP contribution in [0, 0.1) is 0 Å². The van der Waals surface area contributed by atoms with Gasteiger partial charge in [0.15, 0.2) is 9.84 Å². The summed E-state index contributed by atoms with van der Waals surface area (Å²) in [6, 6.07) is 2.92. The Morgan fingerprint density at radius 3 is 2.48 bits per heavy atom. The van der Waals surface area contributed by atoms with Gasteiger partial charge in [0.1, 0.15) is 4.99 Å². The number of nitrogens with two attached hydrogens (primary N) is 1. The Kier molecular flexibility index (Phi) is 5.57. The third-order valence-corrected chi connectivity index (χ3v) is 4.71. The molecule has 0 radical (unpaired) electrons. The van der Waals surface area contributed by atoms with Crippen LogP contribution < -0.4 is 11.1 Å². The van der Waals surface area contributed by atoms with E-state index in [4.69, 9.17) is 18.0 Å². The van der Waals surface area contributed by atoms with E-state index >= 15 is 0 Å². The van der Waals surface area contributed by atoms with Gasteiger partial charge in [-0.05, 0) is 18.2 Å². The Labute approximate surface area is 126 Å². The summed E-state index contributed by atoms with van der Waals surface area (Å²) in [5.41, 5.74) is 4.87. The highest BCUT2D eigenvalue weighted by Gasteiger charge is 2.31. The quantitative estimate of drug-likeness (QED) is 0.777. The van der Waals surface area contributed by atoms with E-state index in [0.717, 1.165) is 12.1 Å². The highest BCUT2D eigenvalue weighted by molar-refractivity contribution is 7.91. The molecule has 0 heterocycles. The van der Waals surface area contributed by atoms with Crippen LogP contribution in [0.1, 0.15) is 18.1 Å². The molecule has 21 heavy (non-hydrogen) atoms. The number of hydrogen-bond donors (Lipinski definition) is 2. The van der Waals surface area contributed by atoms with Crippen molar-refractivity contribution in [3.05, 3.63) is 29.3 Å². The molecule has 0 aromatic heterocycles. The van der Waals surface area contributed by atoms with Crippen LogP contribution in [0.15, 0.2) is 18.2 Å². The van der Waals surface area contributed by atoms with Gasteiger partial charge < -0.3 is 11.1 Å². The molecular formula is C12H15F3N2O2S2. The van der Waals surface area contributed by atoms with E-state index in [-0.39, 0.29) is 34.3 Å². The van der Waals surface area contributed by atoms with E-state index in [1.165, 1.54) is 13.0 Å². The van der Waals surface area contributed by atoms with Gasteiger partial charge in [0.05, 0.1) is 11.3 Å². The summed E-state index contributed by atoms with van der Waals surface area (Å²) < 4.78 is 60.6. The van der Waals surface area contributed by atoms with Gasteiger partial charge in [0, 0.05) is 23.5 Å². The Bertz CT molecular complexity index is 628. The number of thiocarbonyl (C=S) groups is 1. The second-order valence-electron chi connectivity index (χ2n) is 4.29. The van der Waals surface area contributed by atoms with Crippen molar-refractivity contribution in [2.24, 2.45) is 5.73 Å². The van der Waals surface area contributed by atoms with Gasteiger partial charge in [-0.25, -0.2) is 8.42 Å². The van der Waals surface area contributed by atoms with Gasteiger partial charge in [0.2, 0.25) is 0 Å². The first kappa shape index (κ1) is 17.7. The fourth-order valence-corrected chi connectivity index (χ4v) is 2.43.